The van der Waals surface area contributed by atoms with Crippen LogP contribution in [-0.4, -0.2) is 40.7 Å². The highest BCUT2D eigenvalue weighted by Crippen LogP contribution is 2.38. The van der Waals surface area contributed by atoms with E-state index in [0.717, 1.165) is 29.9 Å². The summed E-state index contributed by atoms with van der Waals surface area (Å²) >= 11 is 0. The first-order valence-electron chi connectivity index (χ1n) is 6.12. The van der Waals surface area contributed by atoms with E-state index in [1.165, 1.54) is 0 Å². The van der Waals surface area contributed by atoms with Crippen LogP contribution in [0.3, 0.4) is 0 Å². The lowest BCUT2D eigenvalue weighted by Gasteiger charge is -2.35. The lowest BCUT2D eigenvalue weighted by atomic mass is 10.1. The molecule has 3 rings (SSSR count). The molecule has 0 saturated heterocycles. The van der Waals surface area contributed by atoms with Crippen LogP contribution in [0, 0.1) is 0 Å². The number of allylic oxidation sites excluding steroid dienone is 1. The number of hydrogen-bond donors (Lipinski definition) is 1. The van der Waals surface area contributed by atoms with Gasteiger partial charge in [0.25, 0.3) is 0 Å². The van der Waals surface area contributed by atoms with E-state index >= 15 is 0 Å². The fourth-order valence-corrected chi connectivity index (χ4v) is 3.98. The van der Waals surface area contributed by atoms with Crippen molar-refractivity contribution in [3.8, 4) is 0 Å². The van der Waals surface area contributed by atoms with Gasteiger partial charge >= 0.3 is 0 Å². The van der Waals surface area contributed by atoms with Gasteiger partial charge in [0.2, 0.25) is 9.84 Å². The quantitative estimate of drug-likeness (QED) is 0.776. The Morgan fingerprint density at radius 1 is 1.11 bits per heavy atom. The van der Waals surface area contributed by atoms with E-state index in [9.17, 15) is 13.5 Å². The van der Waals surface area contributed by atoms with E-state index in [2.05, 4.69) is 9.80 Å². The highest BCUT2D eigenvalue weighted by atomic mass is 32.2. The lowest BCUT2D eigenvalue weighted by Crippen LogP contribution is -2.37. The Bertz CT molecular complexity index is 679. The number of anilines is 2. The van der Waals surface area contributed by atoms with E-state index in [-0.39, 0.29) is 12.2 Å². The van der Waals surface area contributed by atoms with E-state index in [0.29, 0.717) is 10.5 Å². The second-order valence-corrected chi connectivity index (χ2v) is 6.89. The maximum Gasteiger partial charge on any atom is 0.203 e. The summed E-state index contributed by atoms with van der Waals surface area (Å²) in [5.41, 5.74) is 2.60. The zero-order valence-corrected chi connectivity index (χ0v) is 11.7. The van der Waals surface area contributed by atoms with Crippen LogP contribution in [0.15, 0.2) is 28.2 Å². The van der Waals surface area contributed by atoms with Crippen molar-refractivity contribution >= 4 is 21.2 Å². The third-order valence-corrected chi connectivity index (χ3v) is 5.30. The van der Waals surface area contributed by atoms with Gasteiger partial charge in [-0.1, -0.05) is 0 Å². The van der Waals surface area contributed by atoms with Crippen LogP contribution < -0.4 is 9.80 Å². The lowest BCUT2D eigenvalue weighted by molar-refractivity contribution is 0.397. The number of rotatable bonds is 0. The molecule has 0 spiro atoms. The first-order valence-corrected chi connectivity index (χ1v) is 7.67. The first kappa shape index (κ1) is 12.3. The van der Waals surface area contributed by atoms with Crippen LogP contribution in [0.2, 0.25) is 0 Å². The summed E-state index contributed by atoms with van der Waals surface area (Å²) < 4.78 is 24.2. The number of nitrogens with zero attached hydrogens (tertiary/aromatic N) is 2. The van der Waals surface area contributed by atoms with Crippen LogP contribution in [0.5, 0.6) is 0 Å². The van der Waals surface area contributed by atoms with Crippen molar-refractivity contribution in [3.05, 3.63) is 28.9 Å². The van der Waals surface area contributed by atoms with Crippen molar-refractivity contribution < 1.29 is 13.5 Å². The minimum absolute atomic E-state index is 0.0979. The van der Waals surface area contributed by atoms with E-state index in [1.807, 2.05) is 20.2 Å². The topological polar surface area (TPSA) is 60.9 Å². The molecular formula is C13H16N2O3S. The number of likely N-dealkylation sites (N-methyl/N-ethyl adjacent to an activating group) is 2. The molecule has 2 heterocycles. The highest BCUT2D eigenvalue weighted by molar-refractivity contribution is 7.94. The van der Waals surface area contributed by atoms with Gasteiger partial charge in [-0.05, 0) is 17.7 Å². The van der Waals surface area contributed by atoms with E-state index < -0.39 is 9.84 Å². The van der Waals surface area contributed by atoms with Crippen molar-refractivity contribution in [2.24, 2.45) is 0 Å². The summed E-state index contributed by atoms with van der Waals surface area (Å²) in [6.45, 7) is 1.76. The summed E-state index contributed by atoms with van der Waals surface area (Å²) in [5.74, 6) is -0.0979. The molecule has 19 heavy (non-hydrogen) atoms. The predicted octanol–water partition coefficient (Wildman–Crippen LogP) is 1.30. The largest absolute Gasteiger partial charge is 0.511 e. The standard InChI is InChI=1S/C13H16N2O3S/c1-14-3-4-15(2)12-7-13-9(6-11(12)14)5-10(16)8-19(13,17)18/h6-8,16H,3-5H2,1-2H3. The molecule has 0 aromatic heterocycles. The molecule has 0 unspecified atom stereocenters. The van der Waals surface area contributed by atoms with Gasteiger partial charge in [-0.2, -0.15) is 0 Å². The van der Waals surface area contributed by atoms with Crippen molar-refractivity contribution in [1.29, 1.82) is 0 Å². The van der Waals surface area contributed by atoms with Crippen LogP contribution >= 0.6 is 0 Å². The molecule has 0 amide bonds. The van der Waals surface area contributed by atoms with Crippen molar-refractivity contribution in [2.45, 2.75) is 11.3 Å². The van der Waals surface area contributed by atoms with Gasteiger partial charge in [0.15, 0.2) is 0 Å². The molecule has 1 aromatic rings. The molecule has 5 nitrogen and oxygen atoms in total. The second-order valence-electron chi connectivity index (χ2n) is 5.12. The van der Waals surface area contributed by atoms with Gasteiger partial charge < -0.3 is 14.9 Å². The van der Waals surface area contributed by atoms with Gasteiger partial charge in [-0.15, -0.1) is 0 Å². The SMILES string of the molecule is CN1CCN(C)c2cc3c(cc21)CC(O)=CS3(=O)=O. The molecular weight excluding hydrogens is 264 g/mol. The molecule has 1 N–H and O–H groups in total. The molecule has 0 saturated carbocycles. The summed E-state index contributed by atoms with van der Waals surface area (Å²) in [6, 6.07) is 3.60. The second kappa shape index (κ2) is 3.90. The minimum Gasteiger partial charge on any atom is -0.511 e. The normalized spacial score (nSPS) is 20.6. The number of fused-ring (bicyclic) bond motifs is 2. The highest BCUT2D eigenvalue weighted by Gasteiger charge is 2.28. The van der Waals surface area contributed by atoms with Crippen LogP contribution in [-0.2, 0) is 16.3 Å². The molecule has 2 aliphatic heterocycles. The first-order chi connectivity index (χ1) is 8.88. The molecule has 2 aliphatic rings. The Morgan fingerprint density at radius 3 is 2.32 bits per heavy atom. The smallest absolute Gasteiger partial charge is 0.203 e. The van der Waals surface area contributed by atoms with Gasteiger partial charge in [0, 0.05) is 33.6 Å². The predicted molar refractivity (Wildman–Crippen MR) is 74.6 cm³/mol. The molecule has 0 atom stereocenters. The number of hydrogen-bond acceptors (Lipinski definition) is 5. The zero-order chi connectivity index (χ0) is 13.8. The van der Waals surface area contributed by atoms with Crippen molar-refractivity contribution in [2.75, 3.05) is 37.0 Å². The van der Waals surface area contributed by atoms with E-state index in [1.54, 1.807) is 6.07 Å². The third-order valence-electron chi connectivity index (χ3n) is 3.72. The monoisotopic (exact) mass is 280 g/mol. The van der Waals surface area contributed by atoms with Crippen LogP contribution in [0.4, 0.5) is 11.4 Å². The molecule has 0 radical (unpaired) electrons. The fraction of sp³-hybridized carbons (Fsp3) is 0.385. The average Bonchev–Trinajstić information content (AvgIpc) is 2.31. The number of aliphatic hydroxyl groups excluding tert-OH is 1. The van der Waals surface area contributed by atoms with Crippen LogP contribution in [0.1, 0.15) is 5.56 Å². The number of aliphatic hydroxyl groups is 1. The third kappa shape index (κ3) is 1.87. The van der Waals surface area contributed by atoms with Gasteiger partial charge in [-0.25, -0.2) is 8.42 Å². The van der Waals surface area contributed by atoms with Crippen molar-refractivity contribution in [1.82, 2.24) is 0 Å². The van der Waals surface area contributed by atoms with Crippen molar-refractivity contribution in [3.63, 3.8) is 0 Å². The zero-order valence-electron chi connectivity index (χ0n) is 10.9. The molecule has 0 bridgehead atoms. The Balaban J connectivity index is 2.25. The summed E-state index contributed by atoms with van der Waals surface area (Å²) in [6.07, 6.45) is 0.277. The van der Waals surface area contributed by atoms with Gasteiger partial charge in [0.05, 0.1) is 21.7 Å². The summed E-state index contributed by atoms with van der Waals surface area (Å²) in [7, 11) is 0.428. The molecule has 102 valence electrons. The summed E-state index contributed by atoms with van der Waals surface area (Å²) in [5, 5.41) is 10.5. The van der Waals surface area contributed by atoms with Gasteiger partial charge in [0.1, 0.15) is 5.76 Å². The fourth-order valence-electron chi connectivity index (χ4n) is 2.64. The maximum absolute atomic E-state index is 12.1. The maximum atomic E-state index is 12.1. The Kier molecular flexibility index (Phi) is 2.53. The molecule has 0 fully saturated rings. The van der Waals surface area contributed by atoms with E-state index in [4.69, 9.17) is 0 Å². The number of sulfone groups is 1. The molecule has 1 aromatic carbocycles. The summed E-state index contributed by atoms with van der Waals surface area (Å²) in [4.78, 5) is 4.48. The average molecular weight is 280 g/mol. The molecule has 6 heteroatoms. The Morgan fingerprint density at radius 2 is 1.68 bits per heavy atom. The Hall–Kier alpha value is -1.69. The van der Waals surface area contributed by atoms with Crippen LogP contribution in [0.25, 0.3) is 0 Å². The molecule has 0 aliphatic carbocycles. The Labute approximate surface area is 112 Å². The minimum atomic E-state index is -3.52. The van der Waals surface area contributed by atoms with Gasteiger partial charge in [-0.3, -0.25) is 0 Å². The number of benzene rings is 1.